The summed E-state index contributed by atoms with van der Waals surface area (Å²) < 4.78 is 1.99. The molecule has 1 heterocycles. The number of carbonyl (C=O) groups is 1. The van der Waals surface area contributed by atoms with Gasteiger partial charge >= 0.3 is 0 Å². The number of halogens is 2. The number of nitrogens with one attached hydrogen (secondary N) is 1. The van der Waals surface area contributed by atoms with Crippen molar-refractivity contribution >= 4 is 39.1 Å². The number of rotatable bonds is 4. The molecule has 0 aliphatic heterocycles. The Balaban J connectivity index is 1.80. The first-order valence-electron chi connectivity index (χ1n) is 7.41. The van der Waals surface area contributed by atoms with E-state index in [2.05, 4.69) is 26.3 Å². The van der Waals surface area contributed by atoms with Gasteiger partial charge in [-0.05, 0) is 36.4 Å². The highest BCUT2D eigenvalue weighted by molar-refractivity contribution is 9.10. The Morgan fingerprint density at radius 2 is 1.88 bits per heavy atom. The molecule has 1 N–H and O–H groups in total. The van der Waals surface area contributed by atoms with Gasteiger partial charge in [0.25, 0.3) is 5.56 Å². The summed E-state index contributed by atoms with van der Waals surface area (Å²) in [5.74, 6) is -0.332. The van der Waals surface area contributed by atoms with Gasteiger partial charge in [-0.15, -0.1) is 0 Å². The third-order valence-electron chi connectivity index (χ3n) is 3.41. The average molecular weight is 419 g/mol. The SMILES string of the molecule is O=C(Cn1nc(-c2ccc(Cl)cc2)ccc1=O)Nc1cccc(Br)c1. The molecule has 1 amide bonds. The van der Waals surface area contributed by atoms with Crippen molar-refractivity contribution in [2.45, 2.75) is 6.54 Å². The highest BCUT2D eigenvalue weighted by Gasteiger charge is 2.09. The molecule has 0 saturated carbocycles. The molecule has 126 valence electrons. The second kappa shape index (κ2) is 7.63. The first kappa shape index (κ1) is 17.4. The predicted octanol–water partition coefficient (Wildman–Crippen LogP) is 3.96. The maximum Gasteiger partial charge on any atom is 0.267 e. The topological polar surface area (TPSA) is 64.0 Å². The first-order valence-corrected chi connectivity index (χ1v) is 8.58. The Morgan fingerprint density at radius 3 is 2.60 bits per heavy atom. The van der Waals surface area contributed by atoms with Crippen LogP contribution >= 0.6 is 27.5 Å². The predicted molar refractivity (Wildman–Crippen MR) is 102 cm³/mol. The van der Waals surface area contributed by atoms with Crippen LogP contribution in [0.3, 0.4) is 0 Å². The van der Waals surface area contributed by atoms with Crippen molar-refractivity contribution in [1.82, 2.24) is 9.78 Å². The van der Waals surface area contributed by atoms with Gasteiger partial charge in [0.15, 0.2) is 0 Å². The van der Waals surface area contributed by atoms with E-state index in [4.69, 9.17) is 11.6 Å². The van der Waals surface area contributed by atoms with Crippen LogP contribution in [-0.4, -0.2) is 15.7 Å². The van der Waals surface area contributed by atoms with Gasteiger partial charge in [0, 0.05) is 26.8 Å². The number of anilines is 1. The molecule has 0 aliphatic carbocycles. The van der Waals surface area contributed by atoms with Crippen LogP contribution in [0.1, 0.15) is 0 Å². The van der Waals surface area contributed by atoms with Gasteiger partial charge in [0.05, 0.1) is 5.69 Å². The van der Waals surface area contributed by atoms with E-state index in [1.165, 1.54) is 6.07 Å². The van der Waals surface area contributed by atoms with Crippen LogP contribution < -0.4 is 10.9 Å². The molecule has 2 aromatic carbocycles. The number of benzene rings is 2. The fourth-order valence-electron chi connectivity index (χ4n) is 2.24. The van der Waals surface area contributed by atoms with Gasteiger partial charge in [-0.2, -0.15) is 5.10 Å². The Labute approximate surface area is 157 Å². The maximum atomic E-state index is 12.2. The summed E-state index contributed by atoms with van der Waals surface area (Å²) in [7, 11) is 0. The first-order chi connectivity index (χ1) is 12.0. The normalized spacial score (nSPS) is 10.5. The molecule has 5 nitrogen and oxygen atoms in total. The van der Waals surface area contributed by atoms with Gasteiger partial charge in [-0.1, -0.05) is 45.7 Å². The number of hydrogen-bond acceptors (Lipinski definition) is 3. The van der Waals surface area contributed by atoms with Crippen molar-refractivity contribution in [3.63, 3.8) is 0 Å². The molecule has 0 fully saturated rings. The molecule has 0 saturated heterocycles. The summed E-state index contributed by atoms with van der Waals surface area (Å²) in [6.07, 6.45) is 0. The monoisotopic (exact) mass is 417 g/mol. The minimum absolute atomic E-state index is 0.174. The number of nitrogens with zero attached hydrogens (tertiary/aromatic N) is 2. The molecule has 0 atom stereocenters. The molecule has 0 bridgehead atoms. The molecular weight excluding hydrogens is 406 g/mol. The fourth-order valence-corrected chi connectivity index (χ4v) is 2.76. The van der Waals surface area contributed by atoms with Gasteiger partial charge < -0.3 is 5.32 Å². The maximum absolute atomic E-state index is 12.2. The van der Waals surface area contributed by atoms with E-state index in [1.807, 2.05) is 12.1 Å². The van der Waals surface area contributed by atoms with E-state index >= 15 is 0 Å². The van der Waals surface area contributed by atoms with Gasteiger partial charge in [0.2, 0.25) is 5.91 Å². The molecule has 0 radical (unpaired) electrons. The largest absolute Gasteiger partial charge is 0.324 e. The number of carbonyl (C=O) groups excluding carboxylic acids is 1. The summed E-state index contributed by atoms with van der Waals surface area (Å²) in [5.41, 5.74) is 1.69. The molecule has 1 aromatic heterocycles. The van der Waals surface area contributed by atoms with Gasteiger partial charge in [-0.3, -0.25) is 9.59 Å². The Hall–Kier alpha value is -2.44. The van der Waals surface area contributed by atoms with E-state index in [1.54, 1.807) is 42.5 Å². The molecular formula is C18H13BrClN3O2. The number of aromatic nitrogens is 2. The second-order valence-corrected chi connectivity index (χ2v) is 6.63. The molecule has 0 spiro atoms. The minimum atomic E-state index is -0.345. The molecule has 7 heteroatoms. The zero-order chi connectivity index (χ0) is 17.8. The van der Waals surface area contributed by atoms with Crippen molar-refractivity contribution in [3.05, 3.63) is 80.5 Å². The van der Waals surface area contributed by atoms with Crippen LogP contribution in [0.25, 0.3) is 11.3 Å². The van der Waals surface area contributed by atoms with Crippen LogP contribution in [0.4, 0.5) is 5.69 Å². The number of amides is 1. The van der Waals surface area contributed by atoms with E-state index in [-0.39, 0.29) is 18.0 Å². The van der Waals surface area contributed by atoms with Crippen molar-refractivity contribution < 1.29 is 4.79 Å². The zero-order valence-electron chi connectivity index (χ0n) is 12.9. The lowest BCUT2D eigenvalue weighted by molar-refractivity contribution is -0.117. The second-order valence-electron chi connectivity index (χ2n) is 5.28. The summed E-state index contributed by atoms with van der Waals surface area (Å²) in [5, 5.41) is 7.62. The van der Waals surface area contributed by atoms with Crippen molar-refractivity contribution in [1.29, 1.82) is 0 Å². The lowest BCUT2D eigenvalue weighted by Gasteiger charge is -2.08. The summed E-state index contributed by atoms with van der Waals surface area (Å²) in [6, 6.07) is 17.3. The lowest BCUT2D eigenvalue weighted by Crippen LogP contribution is -2.29. The van der Waals surface area contributed by atoms with Crippen LogP contribution in [0.2, 0.25) is 5.02 Å². The van der Waals surface area contributed by atoms with E-state index in [0.29, 0.717) is 16.4 Å². The van der Waals surface area contributed by atoms with Crippen molar-refractivity contribution in [2.24, 2.45) is 0 Å². The zero-order valence-corrected chi connectivity index (χ0v) is 15.3. The van der Waals surface area contributed by atoms with Crippen molar-refractivity contribution in [2.75, 3.05) is 5.32 Å². The minimum Gasteiger partial charge on any atom is -0.324 e. The lowest BCUT2D eigenvalue weighted by atomic mass is 10.1. The van der Waals surface area contributed by atoms with E-state index in [9.17, 15) is 9.59 Å². The average Bonchev–Trinajstić information content (AvgIpc) is 2.57. The van der Waals surface area contributed by atoms with Gasteiger partial charge in [0.1, 0.15) is 6.54 Å². The smallest absolute Gasteiger partial charge is 0.267 e. The quantitative estimate of drug-likeness (QED) is 0.697. The molecule has 3 aromatic rings. The molecule has 0 aliphatic rings. The third kappa shape index (κ3) is 4.55. The summed E-state index contributed by atoms with van der Waals surface area (Å²) in [4.78, 5) is 24.2. The third-order valence-corrected chi connectivity index (χ3v) is 4.15. The molecule has 0 unspecified atom stereocenters. The number of hydrogen-bond donors (Lipinski definition) is 1. The van der Waals surface area contributed by atoms with Gasteiger partial charge in [-0.25, -0.2) is 4.68 Å². The van der Waals surface area contributed by atoms with Crippen molar-refractivity contribution in [3.8, 4) is 11.3 Å². The van der Waals surface area contributed by atoms with E-state index < -0.39 is 0 Å². The Bertz CT molecular complexity index is 971. The molecule has 25 heavy (non-hydrogen) atoms. The Morgan fingerprint density at radius 1 is 1.12 bits per heavy atom. The van der Waals surface area contributed by atoms with Crippen LogP contribution in [0.5, 0.6) is 0 Å². The van der Waals surface area contributed by atoms with Crippen LogP contribution in [-0.2, 0) is 11.3 Å². The highest BCUT2D eigenvalue weighted by Crippen LogP contribution is 2.18. The standard InChI is InChI=1S/C18H13BrClN3O2/c19-13-2-1-3-15(10-13)21-17(24)11-23-18(25)9-8-16(22-23)12-4-6-14(20)7-5-12/h1-10H,11H2,(H,21,24). The Kier molecular flexibility index (Phi) is 5.31. The van der Waals surface area contributed by atoms with Crippen LogP contribution in [0.15, 0.2) is 69.9 Å². The fraction of sp³-hybridized carbons (Fsp3) is 0.0556. The summed E-state index contributed by atoms with van der Waals surface area (Å²) in [6.45, 7) is -0.174. The molecule has 3 rings (SSSR count). The van der Waals surface area contributed by atoms with E-state index in [0.717, 1.165) is 14.7 Å². The summed E-state index contributed by atoms with van der Waals surface area (Å²) >= 11 is 9.22. The highest BCUT2D eigenvalue weighted by atomic mass is 79.9. The van der Waals surface area contributed by atoms with Crippen LogP contribution in [0, 0.1) is 0 Å².